The first-order chi connectivity index (χ1) is 2.00. The van der Waals surface area contributed by atoms with Gasteiger partial charge >= 0.3 is 47.4 Å². The van der Waals surface area contributed by atoms with Crippen molar-refractivity contribution >= 4 is 6.32 Å². The summed E-state index contributed by atoms with van der Waals surface area (Å²) in [6, 6.07) is 0. The van der Waals surface area contributed by atoms with E-state index in [1.807, 2.05) is 0 Å². The maximum atomic E-state index is 9.40. The molecule has 0 aliphatic carbocycles. The Balaban J connectivity index is 3.47. The standard InChI is InChI=1S/H3O3S.U/c1-4(2)3;/h4H,(H2,1,2,3);. The molecule has 0 spiro atoms. The van der Waals surface area contributed by atoms with Crippen LogP contribution in [0.3, 0.4) is 0 Å². The van der Waals surface area contributed by atoms with Crippen LogP contribution >= 0.6 is 0 Å². The minimum absolute atomic E-state index is 0.212. The van der Waals surface area contributed by atoms with E-state index in [4.69, 9.17) is 9.11 Å². The van der Waals surface area contributed by atoms with Crippen LogP contribution in [-0.4, -0.2) is 13.3 Å². The van der Waals surface area contributed by atoms with Gasteiger partial charge in [0.25, 0.3) is 0 Å². The van der Waals surface area contributed by atoms with E-state index in [9.17, 15) is 4.21 Å². The van der Waals surface area contributed by atoms with Gasteiger partial charge in [-0.15, -0.1) is 0 Å². The average molecular weight is 321 g/mol. The first-order valence-corrected chi connectivity index (χ1v) is 8.00. The van der Waals surface area contributed by atoms with Gasteiger partial charge in [-0.1, -0.05) is 0 Å². The molecule has 3 nitrogen and oxygen atoms in total. The summed E-state index contributed by atoms with van der Waals surface area (Å²) in [6.07, 6.45) is -3.47. The summed E-state index contributed by atoms with van der Waals surface area (Å²) in [6.45, 7) is 0. The summed E-state index contributed by atoms with van der Waals surface area (Å²) in [7, 11) is 0. The summed E-state index contributed by atoms with van der Waals surface area (Å²) < 4.78 is 24.8. The van der Waals surface area contributed by atoms with Crippen molar-refractivity contribution in [3.05, 3.63) is 0 Å². The molecule has 0 aliphatic rings. The quantitative estimate of drug-likeness (QED) is 0.523. The van der Waals surface area contributed by atoms with Crippen molar-refractivity contribution in [2.45, 2.75) is 0 Å². The molecule has 0 rings (SSSR count). The van der Waals surface area contributed by atoms with E-state index >= 15 is 0 Å². The molecule has 0 saturated heterocycles. The fraction of sp³-hybridized carbons (Fsp3) is 0. The van der Waals surface area contributed by atoms with Crippen molar-refractivity contribution in [1.82, 2.24) is 0 Å². The molecule has 0 bridgehead atoms. The van der Waals surface area contributed by atoms with Crippen molar-refractivity contribution in [1.29, 1.82) is 0 Å². The zero-order valence-corrected chi connectivity index (χ0v) is 7.31. The van der Waals surface area contributed by atoms with Gasteiger partial charge in [-0.3, -0.25) is 0 Å². The molecule has 0 amide bonds. The number of thiol groups is 1. The molecular formula is H3O3SU. The second-order valence-electron chi connectivity index (χ2n) is 0.544. The van der Waals surface area contributed by atoms with Crippen molar-refractivity contribution < 1.29 is 41.1 Å². The topological polar surface area (TPSA) is 57.5 Å². The summed E-state index contributed by atoms with van der Waals surface area (Å²) >= 11 is -0.212. The SMILES string of the molecule is O=[SH](O)(O)[U]. The Morgan fingerprint density at radius 2 is 1.60 bits per heavy atom. The van der Waals surface area contributed by atoms with Gasteiger partial charge in [0, 0.05) is 0 Å². The van der Waals surface area contributed by atoms with Crippen LogP contribution < -0.4 is 0 Å². The van der Waals surface area contributed by atoms with Crippen LogP contribution in [0, 0.1) is 27.8 Å². The van der Waals surface area contributed by atoms with E-state index < -0.39 is 6.32 Å². The molecule has 0 aliphatic heterocycles. The van der Waals surface area contributed by atoms with Gasteiger partial charge in [0.15, 0.2) is 0 Å². The Hall–Kier alpha value is 1.12. The molecule has 0 saturated carbocycles. The van der Waals surface area contributed by atoms with Crippen LogP contribution in [0.15, 0.2) is 0 Å². The molecule has 0 aromatic rings. The zero-order chi connectivity index (χ0) is 4.50. The average Bonchev–Trinajstić information content (AvgIpc) is 0.722. The Morgan fingerprint density at radius 1 is 1.60 bits per heavy atom. The molecule has 2 N–H and O–H groups in total. The molecule has 0 aromatic heterocycles. The Kier molecular flexibility index (Phi) is 2.10. The third-order valence-corrected chi connectivity index (χ3v) is 0. The van der Waals surface area contributed by atoms with Crippen LogP contribution in [0.2, 0.25) is 0 Å². The van der Waals surface area contributed by atoms with Gasteiger partial charge in [-0.05, 0) is 0 Å². The van der Waals surface area contributed by atoms with E-state index in [2.05, 4.69) is 0 Å². The molecule has 0 unspecified atom stereocenters. The molecule has 5 heteroatoms. The predicted molar refractivity (Wildman–Crippen MR) is 14.8 cm³/mol. The Bertz CT molecular complexity index is 53.0. The van der Waals surface area contributed by atoms with Gasteiger partial charge in [0.2, 0.25) is 0 Å². The zero-order valence-electron chi connectivity index (χ0n) is 2.25. The normalized spacial score (nSPS) is 15.2. The van der Waals surface area contributed by atoms with Crippen LogP contribution in [0.1, 0.15) is 0 Å². The van der Waals surface area contributed by atoms with Crippen molar-refractivity contribution in [3.8, 4) is 0 Å². The monoisotopic (exact) mass is 321 g/mol. The second kappa shape index (κ2) is 1.72. The Labute approximate surface area is 47.3 Å². The van der Waals surface area contributed by atoms with Gasteiger partial charge in [-0.25, -0.2) is 0 Å². The molecule has 0 aromatic carbocycles. The van der Waals surface area contributed by atoms with E-state index in [0.717, 1.165) is 0 Å². The second-order valence-corrected chi connectivity index (χ2v) is 8.91. The molecule has 5 heavy (non-hydrogen) atoms. The van der Waals surface area contributed by atoms with Gasteiger partial charge in [0.1, 0.15) is 0 Å². The number of rotatable bonds is 0. The third-order valence-electron chi connectivity index (χ3n) is 0. The first-order valence-electron chi connectivity index (χ1n) is 0.806. The van der Waals surface area contributed by atoms with E-state index in [-0.39, 0.29) is 27.8 Å². The molecule has 31 valence electrons. The molecule has 0 fully saturated rings. The van der Waals surface area contributed by atoms with E-state index in [1.165, 1.54) is 0 Å². The van der Waals surface area contributed by atoms with Crippen LogP contribution in [-0.2, 0) is 6.32 Å². The van der Waals surface area contributed by atoms with Gasteiger partial charge in [-0.2, -0.15) is 0 Å². The molecular weight excluding hydrogens is 318 g/mol. The minimum atomic E-state index is -3.47. The first kappa shape index (κ1) is 6.12. The molecule has 0 heterocycles. The molecule has 0 radical (unpaired) electrons. The van der Waals surface area contributed by atoms with Crippen molar-refractivity contribution in [2.24, 2.45) is 0 Å². The van der Waals surface area contributed by atoms with Crippen LogP contribution in [0.25, 0.3) is 0 Å². The van der Waals surface area contributed by atoms with Crippen molar-refractivity contribution in [3.63, 3.8) is 0 Å². The Morgan fingerprint density at radius 3 is 1.60 bits per heavy atom. The van der Waals surface area contributed by atoms with Gasteiger partial charge in [0.05, 0.1) is 0 Å². The maximum absolute atomic E-state index is 9.40. The van der Waals surface area contributed by atoms with Crippen LogP contribution in [0.4, 0.5) is 0 Å². The fourth-order valence-electron chi connectivity index (χ4n) is 0. The van der Waals surface area contributed by atoms with E-state index in [1.54, 1.807) is 0 Å². The number of hydrogen-bond donors (Lipinski definition) is 3. The van der Waals surface area contributed by atoms with E-state index in [0.29, 0.717) is 0 Å². The predicted octanol–water partition coefficient (Wildman–Crippen LogP) is -0.587. The summed E-state index contributed by atoms with van der Waals surface area (Å²) in [5, 5.41) is 0. The summed E-state index contributed by atoms with van der Waals surface area (Å²) in [4.78, 5) is 0. The molecule has 0 atom stereocenters. The fourth-order valence-corrected chi connectivity index (χ4v) is 0. The summed E-state index contributed by atoms with van der Waals surface area (Å²) in [5.74, 6) is 0. The van der Waals surface area contributed by atoms with Crippen molar-refractivity contribution in [2.75, 3.05) is 0 Å². The van der Waals surface area contributed by atoms with Crippen LogP contribution in [0.5, 0.6) is 0 Å². The number of hydrogen-bond acceptors (Lipinski definition) is 1. The van der Waals surface area contributed by atoms with Gasteiger partial charge < -0.3 is 0 Å². The summed E-state index contributed by atoms with van der Waals surface area (Å²) in [5.41, 5.74) is 0. The third kappa shape index (κ3) is 39.7.